The van der Waals surface area contributed by atoms with Crippen LogP contribution in [0.1, 0.15) is 83.6 Å². The van der Waals surface area contributed by atoms with Crippen molar-refractivity contribution in [2.45, 2.75) is 103 Å². The molecule has 0 amide bonds. The van der Waals surface area contributed by atoms with E-state index in [1.54, 1.807) is 14.2 Å². The largest absolute Gasteiger partial charge is 0.497 e. The quantitative estimate of drug-likeness (QED) is 0.174. The highest BCUT2D eigenvalue weighted by molar-refractivity contribution is 6.74. The lowest BCUT2D eigenvalue weighted by Gasteiger charge is -2.36. The fourth-order valence-electron chi connectivity index (χ4n) is 3.61. The number of hydrogen-bond acceptors (Lipinski definition) is 7. The van der Waals surface area contributed by atoms with Gasteiger partial charge in [0, 0.05) is 26.2 Å². The van der Waals surface area contributed by atoms with Crippen LogP contribution < -0.4 is 4.74 Å². The Bertz CT molecular complexity index is 979. The molecule has 0 saturated carbocycles. The van der Waals surface area contributed by atoms with Gasteiger partial charge >= 0.3 is 0 Å². The monoisotopic (exact) mass is 547 g/mol. The van der Waals surface area contributed by atoms with Crippen molar-refractivity contribution >= 4 is 14.4 Å². The second-order valence-corrected chi connectivity index (χ2v) is 16.3. The summed E-state index contributed by atoms with van der Waals surface area (Å²) < 4.78 is 28.8. The number of methoxy groups -OCH3 is 2. The maximum Gasteiger partial charge on any atom is 0.218 e. The first-order valence-corrected chi connectivity index (χ1v) is 16.5. The zero-order valence-corrected chi connectivity index (χ0v) is 25.9. The summed E-state index contributed by atoms with van der Waals surface area (Å²) in [6.07, 6.45) is 5.57. The number of aliphatic hydroxyl groups excluding tert-OH is 1. The average Bonchev–Trinajstić information content (AvgIpc) is 3.34. The summed E-state index contributed by atoms with van der Waals surface area (Å²) in [5.41, 5.74) is 2.56. The van der Waals surface area contributed by atoms with Crippen molar-refractivity contribution in [2.75, 3.05) is 20.8 Å². The Labute approximate surface area is 230 Å². The minimum atomic E-state index is -1.75. The molecular formula is C30H49NO6Si. The molecule has 214 valence electrons. The number of hydrogen-bond donors (Lipinski definition) is 1. The Morgan fingerprint density at radius 3 is 2.42 bits per heavy atom. The van der Waals surface area contributed by atoms with E-state index in [1.807, 2.05) is 44.2 Å². The van der Waals surface area contributed by atoms with E-state index in [4.69, 9.17) is 23.1 Å². The van der Waals surface area contributed by atoms with Crippen LogP contribution in [0.3, 0.4) is 0 Å². The van der Waals surface area contributed by atoms with E-state index in [2.05, 4.69) is 38.8 Å². The van der Waals surface area contributed by atoms with Crippen molar-refractivity contribution in [3.05, 3.63) is 53.2 Å². The number of aromatic nitrogens is 1. The van der Waals surface area contributed by atoms with Crippen molar-refractivity contribution in [2.24, 2.45) is 0 Å². The van der Waals surface area contributed by atoms with Crippen LogP contribution in [0.25, 0.3) is 6.08 Å². The minimum Gasteiger partial charge on any atom is -0.497 e. The molecule has 0 aliphatic heterocycles. The smallest absolute Gasteiger partial charge is 0.218 e. The molecule has 1 N–H and O–H groups in total. The SMILES string of the molecule is COc1ccc(CO[C@@H](CCCCO[Si](C)(C)C(C)(C)C)C[C@H](O)c2coc(/C=C(\C)[C@@H](C)OC)n2)cc1. The molecule has 1 aromatic carbocycles. The number of nitrogens with zero attached hydrogens (tertiary/aromatic N) is 1. The van der Waals surface area contributed by atoms with Crippen molar-refractivity contribution in [1.82, 2.24) is 4.98 Å². The van der Waals surface area contributed by atoms with E-state index in [0.717, 1.165) is 42.8 Å². The summed E-state index contributed by atoms with van der Waals surface area (Å²) in [7, 11) is 1.57. The van der Waals surface area contributed by atoms with Crippen LogP contribution in [0.15, 0.2) is 40.5 Å². The normalized spacial score (nSPS) is 15.4. The van der Waals surface area contributed by atoms with E-state index < -0.39 is 14.4 Å². The lowest BCUT2D eigenvalue weighted by atomic mass is 10.0. The second-order valence-electron chi connectivity index (χ2n) is 11.5. The Balaban J connectivity index is 1.99. The zero-order valence-electron chi connectivity index (χ0n) is 24.9. The molecule has 2 aromatic rings. The van der Waals surface area contributed by atoms with Gasteiger partial charge in [-0.25, -0.2) is 4.98 Å². The van der Waals surface area contributed by atoms with Crippen LogP contribution in [-0.4, -0.2) is 51.4 Å². The topological polar surface area (TPSA) is 83.2 Å². The first-order valence-electron chi connectivity index (χ1n) is 13.6. The van der Waals surface area contributed by atoms with Crippen LogP contribution in [0.5, 0.6) is 5.75 Å². The summed E-state index contributed by atoms with van der Waals surface area (Å²) in [6, 6.07) is 7.85. The van der Waals surface area contributed by atoms with Crippen LogP contribution in [0.4, 0.5) is 0 Å². The molecule has 0 spiro atoms. The number of benzene rings is 1. The summed E-state index contributed by atoms with van der Waals surface area (Å²) >= 11 is 0. The van der Waals surface area contributed by atoms with Gasteiger partial charge in [0.2, 0.25) is 5.89 Å². The predicted octanol–water partition coefficient (Wildman–Crippen LogP) is 7.32. The van der Waals surface area contributed by atoms with Gasteiger partial charge in [0.05, 0.1) is 25.9 Å². The molecule has 8 heteroatoms. The van der Waals surface area contributed by atoms with Crippen LogP contribution in [0.2, 0.25) is 18.1 Å². The predicted molar refractivity (Wildman–Crippen MR) is 155 cm³/mol. The van der Waals surface area contributed by atoms with Crippen molar-refractivity contribution in [3.63, 3.8) is 0 Å². The van der Waals surface area contributed by atoms with Gasteiger partial charge in [-0.1, -0.05) is 32.9 Å². The lowest BCUT2D eigenvalue weighted by Crippen LogP contribution is -2.40. The molecule has 0 bridgehead atoms. The van der Waals surface area contributed by atoms with E-state index >= 15 is 0 Å². The van der Waals surface area contributed by atoms with Crippen molar-refractivity contribution < 1.29 is 28.2 Å². The number of ether oxygens (including phenoxy) is 3. The van der Waals surface area contributed by atoms with Crippen LogP contribution in [-0.2, 0) is 20.5 Å². The summed E-state index contributed by atoms with van der Waals surface area (Å²) in [5.74, 6) is 1.27. The molecule has 0 fully saturated rings. The number of oxazole rings is 1. The summed E-state index contributed by atoms with van der Waals surface area (Å²) in [4.78, 5) is 4.48. The molecule has 3 atom stereocenters. The van der Waals surface area contributed by atoms with E-state index in [-0.39, 0.29) is 17.2 Å². The molecular weight excluding hydrogens is 498 g/mol. The van der Waals surface area contributed by atoms with Crippen LogP contribution >= 0.6 is 0 Å². The third-order valence-electron chi connectivity index (χ3n) is 7.55. The van der Waals surface area contributed by atoms with Crippen molar-refractivity contribution in [3.8, 4) is 5.75 Å². The highest BCUT2D eigenvalue weighted by atomic mass is 28.4. The van der Waals surface area contributed by atoms with Crippen LogP contribution in [0, 0.1) is 0 Å². The fraction of sp³-hybridized carbons (Fsp3) is 0.633. The number of rotatable bonds is 16. The minimum absolute atomic E-state index is 0.0355. The molecule has 7 nitrogen and oxygen atoms in total. The molecule has 0 saturated heterocycles. The van der Waals surface area contributed by atoms with E-state index in [0.29, 0.717) is 24.6 Å². The molecule has 1 aromatic heterocycles. The maximum atomic E-state index is 11.0. The zero-order chi connectivity index (χ0) is 28.3. The third kappa shape index (κ3) is 10.3. The molecule has 0 unspecified atom stereocenters. The van der Waals surface area contributed by atoms with Gasteiger partial charge in [-0.05, 0) is 74.5 Å². The third-order valence-corrected chi connectivity index (χ3v) is 12.1. The first kappa shape index (κ1) is 32.2. The number of unbranched alkanes of at least 4 members (excludes halogenated alkanes) is 1. The van der Waals surface area contributed by atoms with Gasteiger partial charge in [0.15, 0.2) is 8.32 Å². The van der Waals surface area contributed by atoms with Gasteiger partial charge in [-0.3, -0.25) is 0 Å². The highest BCUT2D eigenvalue weighted by Crippen LogP contribution is 2.36. The Hall–Kier alpha value is -1.97. The standard InChI is InChI=1S/C30H49NO6Si/c1-22(23(2)33-6)18-29-31-27(21-36-29)28(32)19-26(35-20-24-13-15-25(34-7)16-14-24)12-10-11-17-37-38(8,9)30(3,4)5/h13-16,18,21,23,26,28,32H,10-12,17,19-20H2,1-9H3/b22-18+/t23-,26+,28+/m1/s1. The summed E-state index contributed by atoms with van der Waals surface area (Å²) in [5, 5.41) is 11.2. The van der Waals surface area contributed by atoms with Gasteiger partial charge in [0.1, 0.15) is 23.8 Å². The Kier molecular flexibility index (Phi) is 12.7. The van der Waals surface area contributed by atoms with Gasteiger partial charge in [-0.2, -0.15) is 0 Å². The molecule has 38 heavy (non-hydrogen) atoms. The summed E-state index contributed by atoms with van der Waals surface area (Å²) in [6.45, 7) is 16.5. The number of aliphatic hydroxyl groups is 1. The second kappa shape index (κ2) is 15.0. The molecule has 1 heterocycles. The van der Waals surface area contributed by atoms with Gasteiger partial charge in [0.25, 0.3) is 0 Å². The van der Waals surface area contributed by atoms with E-state index in [9.17, 15) is 5.11 Å². The average molecular weight is 548 g/mol. The highest BCUT2D eigenvalue weighted by Gasteiger charge is 2.36. The molecule has 0 aliphatic rings. The molecule has 0 aliphatic carbocycles. The van der Waals surface area contributed by atoms with Gasteiger partial charge < -0.3 is 28.2 Å². The van der Waals surface area contributed by atoms with Gasteiger partial charge in [-0.15, -0.1) is 0 Å². The first-order chi connectivity index (χ1) is 17.9. The maximum absolute atomic E-state index is 11.0. The Morgan fingerprint density at radius 2 is 1.82 bits per heavy atom. The molecule has 2 rings (SSSR count). The lowest BCUT2D eigenvalue weighted by molar-refractivity contribution is -0.00374. The van der Waals surface area contributed by atoms with E-state index in [1.165, 1.54) is 6.26 Å². The molecule has 0 radical (unpaired) electrons. The Morgan fingerprint density at radius 1 is 1.13 bits per heavy atom. The van der Waals surface area contributed by atoms with Crippen molar-refractivity contribution in [1.29, 1.82) is 0 Å². The fourth-order valence-corrected chi connectivity index (χ4v) is 4.70.